The van der Waals surface area contributed by atoms with Crippen LogP contribution in [0.4, 0.5) is 5.13 Å². The van der Waals surface area contributed by atoms with Crippen molar-refractivity contribution in [2.75, 3.05) is 18.6 Å². The number of aryl methyl sites for hydroxylation is 1. The number of hydrogen-bond donors (Lipinski definition) is 1. The predicted octanol–water partition coefficient (Wildman–Crippen LogP) is 5.42. The van der Waals surface area contributed by atoms with Gasteiger partial charge in [-0.15, -0.1) is 0 Å². The number of aliphatic hydroxyl groups excluding tert-OH is 1. The summed E-state index contributed by atoms with van der Waals surface area (Å²) in [5.41, 5.74) is 1.25. The molecular weight excluding hydrogens is 548 g/mol. The molecule has 186 valence electrons. The van der Waals surface area contributed by atoms with Gasteiger partial charge >= 0.3 is 11.9 Å². The number of carbonyl (C=O) groups is 3. The molecule has 0 saturated carbocycles. The molecule has 4 rings (SSSR count). The van der Waals surface area contributed by atoms with Crippen LogP contribution in [0.2, 0.25) is 0 Å². The minimum Gasteiger partial charge on any atom is -0.507 e. The molecule has 0 spiro atoms. The zero-order valence-corrected chi connectivity index (χ0v) is 22.2. The summed E-state index contributed by atoms with van der Waals surface area (Å²) in [6.45, 7) is 4.18. The predicted molar refractivity (Wildman–Crippen MR) is 139 cm³/mol. The number of hydrogen-bond acceptors (Lipinski definition) is 8. The standard InChI is InChI=1S/C26H23BrN2O6S/c1-4-12-35-18-10-8-15(9-11-18)21(30)19-20(16-6-5-7-17(27)13-16)29(24(32)22(19)31)26-28-14(2)23(36-26)25(33)34-3/h5-11,13,20,30H,4,12H2,1-3H3/b21-19+. The highest BCUT2D eigenvalue weighted by atomic mass is 79.9. The first kappa shape index (κ1) is 25.6. The molecule has 1 aromatic heterocycles. The van der Waals surface area contributed by atoms with Crippen molar-refractivity contribution in [3.05, 3.63) is 80.3 Å². The number of methoxy groups -OCH3 is 1. The monoisotopic (exact) mass is 570 g/mol. The second-order valence-corrected chi connectivity index (χ2v) is 9.89. The first-order valence-corrected chi connectivity index (χ1v) is 12.7. The van der Waals surface area contributed by atoms with Crippen molar-refractivity contribution in [2.45, 2.75) is 26.3 Å². The Labute approximate surface area is 220 Å². The van der Waals surface area contributed by atoms with Gasteiger partial charge in [0, 0.05) is 10.0 Å². The summed E-state index contributed by atoms with van der Waals surface area (Å²) in [7, 11) is 1.26. The fourth-order valence-corrected chi connectivity index (χ4v) is 5.30. The Morgan fingerprint density at radius 3 is 2.56 bits per heavy atom. The summed E-state index contributed by atoms with van der Waals surface area (Å²) in [5, 5.41) is 11.4. The number of benzene rings is 2. The van der Waals surface area contributed by atoms with Gasteiger partial charge in [0.1, 0.15) is 16.4 Å². The van der Waals surface area contributed by atoms with Gasteiger partial charge in [-0.1, -0.05) is 46.3 Å². The number of thiazole rings is 1. The topological polar surface area (TPSA) is 106 Å². The van der Waals surface area contributed by atoms with E-state index in [9.17, 15) is 19.5 Å². The fraction of sp³-hybridized carbons (Fsp3) is 0.231. The average molecular weight is 571 g/mol. The van der Waals surface area contributed by atoms with Crippen LogP contribution in [-0.4, -0.2) is 41.5 Å². The molecule has 2 heterocycles. The highest BCUT2D eigenvalue weighted by molar-refractivity contribution is 9.10. The normalized spacial score (nSPS) is 16.9. The molecule has 0 aliphatic carbocycles. The molecule has 36 heavy (non-hydrogen) atoms. The van der Waals surface area contributed by atoms with E-state index in [1.807, 2.05) is 13.0 Å². The van der Waals surface area contributed by atoms with Crippen LogP contribution in [0.1, 0.15) is 45.9 Å². The van der Waals surface area contributed by atoms with Gasteiger partial charge in [0.25, 0.3) is 5.78 Å². The van der Waals surface area contributed by atoms with Crippen LogP contribution in [0.15, 0.2) is 58.6 Å². The molecule has 0 bridgehead atoms. The summed E-state index contributed by atoms with van der Waals surface area (Å²) in [4.78, 5) is 44.6. The molecule has 2 aromatic carbocycles. The number of anilines is 1. The summed E-state index contributed by atoms with van der Waals surface area (Å²) in [5.74, 6) is -1.97. The Hall–Kier alpha value is -3.50. The van der Waals surface area contributed by atoms with Gasteiger partial charge in [0.05, 0.1) is 31.0 Å². The van der Waals surface area contributed by atoms with E-state index in [1.54, 1.807) is 49.4 Å². The van der Waals surface area contributed by atoms with Crippen molar-refractivity contribution >= 4 is 55.8 Å². The number of ketones is 1. The largest absolute Gasteiger partial charge is 0.507 e. The number of carbonyl (C=O) groups excluding carboxylic acids is 3. The molecule has 1 aliphatic heterocycles. The highest BCUT2D eigenvalue weighted by Gasteiger charge is 2.48. The van der Waals surface area contributed by atoms with E-state index in [2.05, 4.69) is 20.9 Å². The van der Waals surface area contributed by atoms with Crippen LogP contribution in [0.25, 0.3) is 5.76 Å². The second-order valence-electron chi connectivity index (χ2n) is 8.00. The van der Waals surface area contributed by atoms with Gasteiger partial charge in [-0.2, -0.15) is 0 Å². The lowest BCUT2D eigenvalue weighted by Gasteiger charge is -2.23. The van der Waals surface area contributed by atoms with Crippen molar-refractivity contribution in [1.82, 2.24) is 4.98 Å². The van der Waals surface area contributed by atoms with E-state index in [1.165, 1.54) is 12.0 Å². The maximum Gasteiger partial charge on any atom is 0.350 e. The number of nitrogens with zero attached hydrogens (tertiary/aromatic N) is 2. The van der Waals surface area contributed by atoms with E-state index >= 15 is 0 Å². The summed E-state index contributed by atoms with van der Waals surface area (Å²) in [6.07, 6.45) is 0.853. The van der Waals surface area contributed by atoms with Crippen molar-refractivity contribution in [1.29, 1.82) is 0 Å². The Morgan fingerprint density at radius 1 is 1.19 bits per heavy atom. The number of aliphatic hydroxyl groups is 1. The molecule has 1 fully saturated rings. The zero-order chi connectivity index (χ0) is 26.0. The van der Waals surface area contributed by atoms with Crippen molar-refractivity contribution < 1.29 is 29.0 Å². The molecule has 8 nitrogen and oxygen atoms in total. The van der Waals surface area contributed by atoms with Crippen LogP contribution < -0.4 is 9.64 Å². The molecule has 0 radical (unpaired) electrons. The van der Waals surface area contributed by atoms with E-state index in [4.69, 9.17) is 9.47 Å². The van der Waals surface area contributed by atoms with Gasteiger partial charge in [-0.25, -0.2) is 9.78 Å². The van der Waals surface area contributed by atoms with Gasteiger partial charge < -0.3 is 14.6 Å². The smallest absolute Gasteiger partial charge is 0.350 e. The van der Waals surface area contributed by atoms with Gasteiger partial charge in [-0.3, -0.25) is 14.5 Å². The number of amides is 1. The molecule has 1 saturated heterocycles. The maximum absolute atomic E-state index is 13.3. The molecule has 1 unspecified atom stereocenters. The summed E-state index contributed by atoms with van der Waals surface area (Å²) in [6, 6.07) is 12.8. The van der Waals surface area contributed by atoms with Crippen molar-refractivity contribution in [3.63, 3.8) is 0 Å². The van der Waals surface area contributed by atoms with Crippen LogP contribution in [0.3, 0.4) is 0 Å². The fourth-order valence-electron chi connectivity index (χ4n) is 3.87. The third-order valence-electron chi connectivity index (χ3n) is 5.57. The van der Waals surface area contributed by atoms with Gasteiger partial charge in [0.15, 0.2) is 5.13 Å². The first-order chi connectivity index (χ1) is 17.3. The molecule has 10 heteroatoms. The molecule has 1 amide bonds. The lowest BCUT2D eigenvalue weighted by Crippen LogP contribution is -2.29. The second kappa shape index (κ2) is 10.6. The Bertz CT molecular complexity index is 1370. The number of halogens is 1. The molecular formula is C26H23BrN2O6S. The van der Waals surface area contributed by atoms with E-state index in [-0.39, 0.29) is 21.3 Å². The van der Waals surface area contributed by atoms with Crippen LogP contribution in [-0.2, 0) is 14.3 Å². The Kier molecular flexibility index (Phi) is 7.56. The zero-order valence-electron chi connectivity index (χ0n) is 19.8. The minimum absolute atomic E-state index is 0.0761. The number of Topliss-reactive ketones (excluding diaryl/α,β-unsaturated/α-hetero) is 1. The Balaban J connectivity index is 1.86. The average Bonchev–Trinajstić information content (AvgIpc) is 3.38. The van der Waals surface area contributed by atoms with Crippen LogP contribution >= 0.6 is 27.3 Å². The number of rotatable bonds is 7. The SMILES string of the molecule is CCCOc1ccc(/C(O)=C2\C(=O)C(=O)N(c3nc(C)c(C(=O)OC)s3)C2c2cccc(Br)c2)cc1. The van der Waals surface area contributed by atoms with Gasteiger partial charge in [0.2, 0.25) is 0 Å². The van der Waals surface area contributed by atoms with E-state index in [0.29, 0.717) is 29.2 Å². The van der Waals surface area contributed by atoms with Crippen LogP contribution in [0.5, 0.6) is 5.75 Å². The summed E-state index contributed by atoms with van der Waals surface area (Å²) < 4.78 is 11.1. The highest BCUT2D eigenvalue weighted by Crippen LogP contribution is 2.44. The maximum atomic E-state index is 13.3. The molecule has 3 aromatic rings. The minimum atomic E-state index is -0.963. The van der Waals surface area contributed by atoms with Crippen molar-refractivity contribution in [2.24, 2.45) is 0 Å². The van der Waals surface area contributed by atoms with Crippen LogP contribution in [0, 0.1) is 6.92 Å². The molecule has 1 N–H and O–H groups in total. The number of ether oxygens (including phenoxy) is 2. The lowest BCUT2D eigenvalue weighted by atomic mass is 9.95. The van der Waals surface area contributed by atoms with Crippen molar-refractivity contribution in [3.8, 4) is 5.75 Å². The summed E-state index contributed by atoms with van der Waals surface area (Å²) >= 11 is 4.39. The van der Waals surface area contributed by atoms with Gasteiger partial charge in [-0.05, 0) is 55.3 Å². The lowest BCUT2D eigenvalue weighted by molar-refractivity contribution is -0.132. The van der Waals surface area contributed by atoms with E-state index < -0.39 is 23.7 Å². The van der Waals surface area contributed by atoms with E-state index in [0.717, 1.165) is 22.2 Å². The third kappa shape index (κ3) is 4.78. The third-order valence-corrected chi connectivity index (χ3v) is 7.20. The number of esters is 1. The molecule has 1 aliphatic rings. The number of aromatic nitrogens is 1. The molecule has 1 atom stereocenters. The quantitative estimate of drug-likeness (QED) is 0.175. The Morgan fingerprint density at radius 2 is 1.92 bits per heavy atom. The first-order valence-electron chi connectivity index (χ1n) is 11.1.